The topological polar surface area (TPSA) is 37.4 Å². The van der Waals surface area contributed by atoms with Crippen molar-refractivity contribution in [1.82, 2.24) is 9.88 Å². The third kappa shape index (κ3) is 5.17. The van der Waals surface area contributed by atoms with Crippen LogP contribution in [0.1, 0.15) is 32.8 Å². The van der Waals surface area contributed by atoms with E-state index in [9.17, 15) is 0 Å². The van der Waals surface area contributed by atoms with Crippen molar-refractivity contribution in [2.24, 2.45) is 0 Å². The van der Waals surface area contributed by atoms with Crippen molar-refractivity contribution >= 4 is 5.82 Å². The normalized spacial score (nSPS) is 12.7. The zero-order valence-corrected chi connectivity index (χ0v) is 12.6. The molecule has 4 heteroatoms. The number of nitrogens with zero attached hydrogens (tertiary/aromatic N) is 2. The molecule has 108 valence electrons. The van der Waals surface area contributed by atoms with Crippen molar-refractivity contribution in [3.05, 3.63) is 23.9 Å². The maximum absolute atomic E-state index is 5.25. The lowest BCUT2D eigenvalue weighted by molar-refractivity contribution is 0.0982. The Balaban J connectivity index is 2.72. The average Bonchev–Trinajstić information content (AvgIpc) is 2.43. The number of hydrogen-bond donors (Lipinski definition) is 1. The Kier molecular flexibility index (Phi) is 7.45. The molecule has 19 heavy (non-hydrogen) atoms. The summed E-state index contributed by atoms with van der Waals surface area (Å²) in [5, 5.41) is 3.39. The first kappa shape index (κ1) is 15.9. The summed E-state index contributed by atoms with van der Waals surface area (Å²) in [7, 11) is 1.75. The van der Waals surface area contributed by atoms with Crippen LogP contribution in [-0.2, 0) is 11.3 Å². The van der Waals surface area contributed by atoms with Gasteiger partial charge in [-0.2, -0.15) is 0 Å². The van der Waals surface area contributed by atoms with Crippen molar-refractivity contribution in [1.29, 1.82) is 0 Å². The van der Waals surface area contributed by atoms with E-state index in [1.165, 1.54) is 5.56 Å². The van der Waals surface area contributed by atoms with Crippen LogP contribution in [0.4, 0.5) is 5.82 Å². The molecule has 1 N–H and O–H groups in total. The molecule has 1 atom stereocenters. The molecule has 0 aliphatic carbocycles. The SMILES string of the molecule is CCCNc1ncccc1CN(CC)C(C)COC. The zero-order valence-electron chi connectivity index (χ0n) is 12.6. The highest BCUT2D eigenvalue weighted by Gasteiger charge is 2.14. The molecule has 0 saturated heterocycles. The fourth-order valence-corrected chi connectivity index (χ4v) is 2.11. The quantitative estimate of drug-likeness (QED) is 0.745. The summed E-state index contributed by atoms with van der Waals surface area (Å²) >= 11 is 0. The molecule has 0 bridgehead atoms. The first-order valence-corrected chi connectivity index (χ1v) is 7.13. The third-order valence-electron chi connectivity index (χ3n) is 3.24. The van der Waals surface area contributed by atoms with Gasteiger partial charge < -0.3 is 10.1 Å². The second kappa shape index (κ2) is 8.88. The van der Waals surface area contributed by atoms with E-state index in [1.54, 1.807) is 7.11 Å². The summed E-state index contributed by atoms with van der Waals surface area (Å²) in [5.41, 5.74) is 1.25. The molecule has 1 aromatic heterocycles. The zero-order chi connectivity index (χ0) is 14.1. The van der Waals surface area contributed by atoms with Gasteiger partial charge in [0, 0.05) is 38.0 Å². The summed E-state index contributed by atoms with van der Waals surface area (Å²) in [6, 6.07) is 4.56. The van der Waals surface area contributed by atoms with Gasteiger partial charge in [0.15, 0.2) is 0 Å². The molecule has 0 aliphatic heterocycles. The van der Waals surface area contributed by atoms with E-state index < -0.39 is 0 Å². The highest BCUT2D eigenvalue weighted by Crippen LogP contribution is 2.15. The van der Waals surface area contributed by atoms with Crippen LogP contribution in [-0.4, -0.2) is 42.7 Å². The number of nitrogens with one attached hydrogen (secondary N) is 1. The second-order valence-corrected chi connectivity index (χ2v) is 4.81. The van der Waals surface area contributed by atoms with E-state index in [1.807, 2.05) is 12.3 Å². The minimum absolute atomic E-state index is 0.411. The predicted molar refractivity (Wildman–Crippen MR) is 80.4 cm³/mol. The van der Waals surface area contributed by atoms with Crippen LogP contribution >= 0.6 is 0 Å². The number of pyridine rings is 1. The number of aromatic nitrogens is 1. The molecular formula is C15H27N3O. The molecule has 1 heterocycles. The lowest BCUT2D eigenvalue weighted by Crippen LogP contribution is -2.35. The van der Waals surface area contributed by atoms with Crippen LogP contribution in [0.25, 0.3) is 0 Å². The number of methoxy groups -OCH3 is 1. The summed E-state index contributed by atoms with van der Waals surface area (Å²) in [5.74, 6) is 1.01. The van der Waals surface area contributed by atoms with Crippen molar-refractivity contribution in [3.63, 3.8) is 0 Å². The van der Waals surface area contributed by atoms with E-state index in [0.29, 0.717) is 6.04 Å². The molecule has 0 aliphatic rings. The van der Waals surface area contributed by atoms with Gasteiger partial charge in [-0.05, 0) is 26.0 Å². The lowest BCUT2D eigenvalue weighted by atomic mass is 10.2. The Labute approximate surface area is 117 Å². The first-order chi connectivity index (χ1) is 9.22. The van der Waals surface area contributed by atoms with Gasteiger partial charge in [-0.3, -0.25) is 4.90 Å². The lowest BCUT2D eigenvalue weighted by Gasteiger charge is -2.28. The minimum Gasteiger partial charge on any atom is -0.383 e. The second-order valence-electron chi connectivity index (χ2n) is 4.81. The first-order valence-electron chi connectivity index (χ1n) is 7.13. The molecule has 1 unspecified atom stereocenters. The summed E-state index contributed by atoms with van der Waals surface area (Å²) in [6.07, 6.45) is 2.95. The Morgan fingerprint density at radius 1 is 1.42 bits per heavy atom. The average molecular weight is 265 g/mol. The van der Waals surface area contributed by atoms with Gasteiger partial charge in [-0.25, -0.2) is 4.98 Å². The highest BCUT2D eigenvalue weighted by atomic mass is 16.5. The Bertz CT molecular complexity index is 357. The van der Waals surface area contributed by atoms with E-state index >= 15 is 0 Å². The van der Waals surface area contributed by atoms with Crippen LogP contribution in [0.15, 0.2) is 18.3 Å². The molecule has 0 spiro atoms. The van der Waals surface area contributed by atoms with Crippen LogP contribution < -0.4 is 5.32 Å². The van der Waals surface area contributed by atoms with Crippen LogP contribution in [0.5, 0.6) is 0 Å². The van der Waals surface area contributed by atoms with E-state index in [0.717, 1.165) is 38.5 Å². The molecule has 1 rings (SSSR count). The van der Waals surface area contributed by atoms with E-state index in [2.05, 4.69) is 42.0 Å². The largest absolute Gasteiger partial charge is 0.383 e. The Morgan fingerprint density at radius 2 is 2.21 bits per heavy atom. The smallest absolute Gasteiger partial charge is 0.130 e. The Morgan fingerprint density at radius 3 is 2.84 bits per heavy atom. The molecule has 0 radical (unpaired) electrons. The van der Waals surface area contributed by atoms with Gasteiger partial charge in [0.25, 0.3) is 0 Å². The van der Waals surface area contributed by atoms with Gasteiger partial charge in [0.05, 0.1) is 6.61 Å². The summed E-state index contributed by atoms with van der Waals surface area (Å²) in [4.78, 5) is 6.84. The maximum atomic E-state index is 5.25. The number of anilines is 1. The molecule has 4 nitrogen and oxygen atoms in total. The van der Waals surface area contributed by atoms with Gasteiger partial charge in [0.2, 0.25) is 0 Å². The standard InChI is InChI=1S/C15H27N3O/c1-5-9-16-15-14(8-7-10-17-15)11-18(6-2)13(3)12-19-4/h7-8,10,13H,5-6,9,11-12H2,1-4H3,(H,16,17). The van der Waals surface area contributed by atoms with Gasteiger partial charge in [-0.1, -0.05) is 19.9 Å². The van der Waals surface area contributed by atoms with Gasteiger partial charge in [-0.15, -0.1) is 0 Å². The number of likely N-dealkylation sites (N-methyl/N-ethyl adjacent to an activating group) is 1. The van der Waals surface area contributed by atoms with Crippen LogP contribution in [0.2, 0.25) is 0 Å². The summed E-state index contributed by atoms with van der Waals surface area (Å²) in [6.45, 7) is 10.2. The molecule has 1 aromatic rings. The Hall–Kier alpha value is -1.13. The van der Waals surface area contributed by atoms with Crippen molar-refractivity contribution < 1.29 is 4.74 Å². The molecule has 0 saturated carbocycles. The van der Waals surface area contributed by atoms with Crippen LogP contribution in [0, 0.1) is 0 Å². The fourth-order valence-electron chi connectivity index (χ4n) is 2.11. The predicted octanol–water partition coefficient (Wildman–Crippen LogP) is 2.76. The molecule has 0 fully saturated rings. The van der Waals surface area contributed by atoms with Crippen molar-refractivity contribution in [2.45, 2.75) is 39.8 Å². The fraction of sp³-hybridized carbons (Fsp3) is 0.667. The molecular weight excluding hydrogens is 238 g/mol. The van der Waals surface area contributed by atoms with Gasteiger partial charge in [0.1, 0.15) is 5.82 Å². The molecule has 0 amide bonds. The van der Waals surface area contributed by atoms with E-state index in [-0.39, 0.29) is 0 Å². The monoisotopic (exact) mass is 265 g/mol. The highest BCUT2D eigenvalue weighted by molar-refractivity contribution is 5.43. The summed E-state index contributed by atoms with van der Waals surface area (Å²) < 4.78 is 5.25. The number of hydrogen-bond acceptors (Lipinski definition) is 4. The number of ether oxygens (including phenoxy) is 1. The van der Waals surface area contributed by atoms with E-state index in [4.69, 9.17) is 4.74 Å². The van der Waals surface area contributed by atoms with Gasteiger partial charge >= 0.3 is 0 Å². The van der Waals surface area contributed by atoms with Crippen molar-refractivity contribution in [2.75, 3.05) is 32.1 Å². The third-order valence-corrected chi connectivity index (χ3v) is 3.24. The van der Waals surface area contributed by atoms with Crippen molar-refractivity contribution in [3.8, 4) is 0 Å². The molecule has 0 aromatic carbocycles. The number of rotatable bonds is 9. The minimum atomic E-state index is 0.411. The maximum Gasteiger partial charge on any atom is 0.130 e. The van der Waals surface area contributed by atoms with Crippen LogP contribution in [0.3, 0.4) is 0 Å².